The maximum absolute atomic E-state index is 12.6. The maximum atomic E-state index is 12.6. The lowest BCUT2D eigenvalue weighted by Gasteiger charge is -2.34. The van der Waals surface area contributed by atoms with Crippen molar-refractivity contribution in [3.05, 3.63) is 28.8 Å². The molecule has 1 aromatic carbocycles. The van der Waals surface area contributed by atoms with E-state index < -0.39 is 12.1 Å². The fourth-order valence-corrected chi connectivity index (χ4v) is 2.90. The monoisotopic (exact) mass is 306 g/mol. The molecule has 20 heavy (non-hydrogen) atoms. The van der Waals surface area contributed by atoms with E-state index in [4.69, 9.17) is 17.3 Å². The highest BCUT2D eigenvalue weighted by molar-refractivity contribution is 6.33. The van der Waals surface area contributed by atoms with Gasteiger partial charge >= 0.3 is 6.18 Å². The number of nitrogens with zero attached hydrogens (tertiary/aromatic N) is 1. The third-order valence-corrected chi connectivity index (χ3v) is 4.05. The van der Waals surface area contributed by atoms with Crippen molar-refractivity contribution in [2.75, 3.05) is 24.5 Å². The van der Waals surface area contributed by atoms with Crippen molar-refractivity contribution in [3.63, 3.8) is 0 Å². The number of rotatable bonds is 3. The highest BCUT2D eigenvalue weighted by atomic mass is 35.5. The Morgan fingerprint density at radius 1 is 1.25 bits per heavy atom. The van der Waals surface area contributed by atoms with E-state index in [0.29, 0.717) is 24.7 Å². The quantitative estimate of drug-likeness (QED) is 0.924. The van der Waals surface area contributed by atoms with Gasteiger partial charge in [-0.3, -0.25) is 0 Å². The smallest absolute Gasteiger partial charge is 0.370 e. The van der Waals surface area contributed by atoms with Gasteiger partial charge in [-0.2, -0.15) is 13.2 Å². The van der Waals surface area contributed by atoms with Gasteiger partial charge < -0.3 is 10.6 Å². The van der Waals surface area contributed by atoms with Crippen LogP contribution in [0.1, 0.15) is 18.4 Å². The van der Waals surface area contributed by atoms with Crippen LogP contribution < -0.4 is 10.6 Å². The van der Waals surface area contributed by atoms with Crippen LogP contribution in [0.25, 0.3) is 0 Å². The first kappa shape index (κ1) is 15.4. The highest BCUT2D eigenvalue weighted by Gasteiger charge is 2.41. The van der Waals surface area contributed by atoms with E-state index in [2.05, 4.69) is 0 Å². The summed E-state index contributed by atoms with van der Waals surface area (Å²) in [6.45, 7) is 1.33. The first-order valence-electron chi connectivity index (χ1n) is 6.72. The van der Waals surface area contributed by atoms with Crippen LogP contribution in [0.3, 0.4) is 0 Å². The molecule has 1 aromatic rings. The van der Waals surface area contributed by atoms with Gasteiger partial charge in [0.2, 0.25) is 0 Å². The van der Waals surface area contributed by atoms with E-state index in [-0.39, 0.29) is 12.8 Å². The minimum absolute atomic E-state index is 0.129. The molecular weight excluding hydrogens is 289 g/mol. The fraction of sp³-hybridized carbons (Fsp3) is 0.571. The molecule has 112 valence electrons. The standard InChI is InChI=1S/C14H18ClF3N2/c15-12-9-10(3-6-19)1-2-13(12)20-7-4-11(5-8-20)14(16,17)18/h1-2,9,11H,3-8,19H2. The number of anilines is 1. The van der Waals surface area contributed by atoms with Crippen LogP contribution in [-0.4, -0.2) is 25.8 Å². The average Bonchev–Trinajstić information content (AvgIpc) is 2.38. The summed E-state index contributed by atoms with van der Waals surface area (Å²) in [5.41, 5.74) is 7.35. The van der Waals surface area contributed by atoms with E-state index in [1.54, 1.807) is 0 Å². The Balaban J connectivity index is 2.03. The lowest BCUT2D eigenvalue weighted by atomic mass is 9.96. The minimum Gasteiger partial charge on any atom is -0.370 e. The number of halogens is 4. The minimum atomic E-state index is -4.08. The zero-order valence-corrected chi connectivity index (χ0v) is 11.8. The summed E-state index contributed by atoms with van der Waals surface area (Å²) in [6, 6.07) is 5.66. The number of hydrogen-bond acceptors (Lipinski definition) is 2. The van der Waals surface area contributed by atoms with Crippen molar-refractivity contribution in [1.29, 1.82) is 0 Å². The Labute approximate surface area is 121 Å². The first-order chi connectivity index (χ1) is 9.41. The topological polar surface area (TPSA) is 29.3 Å². The van der Waals surface area contributed by atoms with E-state index >= 15 is 0 Å². The molecule has 1 aliphatic rings. The number of benzene rings is 1. The van der Waals surface area contributed by atoms with Crippen LogP contribution in [-0.2, 0) is 6.42 Å². The molecule has 0 bridgehead atoms. The zero-order chi connectivity index (χ0) is 14.8. The Morgan fingerprint density at radius 2 is 1.90 bits per heavy atom. The Kier molecular flexibility index (Phi) is 4.81. The summed E-state index contributed by atoms with van der Waals surface area (Å²) in [6.07, 6.45) is -3.08. The maximum Gasteiger partial charge on any atom is 0.391 e. The normalized spacial score (nSPS) is 17.6. The van der Waals surface area contributed by atoms with Gasteiger partial charge in [-0.25, -0.2) is 0 Å². The molecule has 0 unspecified atom stereocenters. The van der Waals surface area contributed by atoms with Crippen LogP contribution in [0.15, 0.2) is 18.2 Å². The second-order valence-electron chi connectivity index (χ2n) is 5.13. The third-order valence-electron chi connectivity index (χ3n) is 3.74. The molecule has 0 saturated carbocycles. The number of nitrogens with two attached hydrogens (primary N) is 1. The summed E-state index contributed by atoms with van der Waals surface area (Å²) in [5.74, 6) is -1.19. The SMILES string of the molecule is NCCc1ccc(N2CCC(C(F)(F)F)CC2)c(Cl)c1. The second-order valence-corrected chi connectivity index (χ2v) is 5.53. The van der Waals surface area contributed by atoms with E-state index in [1.807, 2.05) is 23.1 Å². The van der Waals surface area contributed by atoms with Crippen molar-refractivity contribution in [2.45, 2.75) is 25.4 Å². The van der Waals surface area contributed by atoms with E-state index in [0.717, 1.165) is 17.7 Å². The zero-order valence-electron chi connectivity index (χ0n) is 11.1. The number of hydrogen-bond donors (Lipinski definition) is 1. The Hall–Kier alpha value is -0.940. The molecular formula is C14H18ClF3N2. The summed E-state index contributed by atoms with van der Waals surface area (Å²) in [5, 5.41) is 0.585. The molecule has 6 heteroatoms. The molecule has 0 atom stereocenters. The molecule has 0 spiro atoms. The molecule has 0 aliphatic carbocycles. The predicted octanol–water partition coefficient (Wildman–Crippen LogP) is 3.62. The molecule has 1 fully saturated rings. The summed E-state index contributed by atoms with van der Waals surface area (Å²) in [4.78, 5) is 1.93. The van der Waals surface area contributed by atoms with Crippen LogP contribution >= 0.6 is 11.6 Å². The number of alkyl halides is 3. The van der Waals surface area contributed by atoms with E-state index in [9.17, 15) is 13.2 Å². The lowest BCUT2D eigenvalue weighted by Crippen LogP contribution is -2.39. The Bertz CT molecular complexity index is 454. The molecule has 0 radical (unpaired) electrons. The van der Waals surface area contributed by atoms with E-state index in [1.165, 1.54) is 0 Å². The van der Waals surface area contributed by atoms with Gasteiger partial charge in [-0.15, -0.1) is 0 Å². The van der Waals surface area contributed by atoms with Crippen molar-refractivity contribution >= 4 is 17.3 Å². The lowest BCUT2D eigenvalue weighted by molar-refractivity contribution is -0.179. The Morgan fingerprint density at radius 3 is 2.40 bits per heavy atom. The van der Waals surface area contributed by atoms with Gasteiger partial charge in [0.25, 0.3) is 0 Å². The third kappa shape index (κ3) is 3.58. The van der Waals surface area contributed by atoms with Crippen LogP contribution in [0.5, 0.6) is 0 Å². The largest absolute Gasteiger partial charge is 0.391 e. The first-order valence-corrected chi connectivity index (χ1v) is 7.09. The van der Waals surface area contributed by atoms with Gasteiger partial charge in [-0.1, -0.05) is 17.7 Å². The molecule has 2 nitrogen and oxygen atoms in total. The molecule has 0 aromatic heterocycles. The van der Waals surface area contributed by atoms with Gasteiger partial charge in [-0.05, 0) is 43.5 Å². The highest BCUT2D eigenvalue weighted by Crippen LogP contribution is 2.37. The summed E-state index contributed by atoms with van der Waals surface area (Å²) < 4.78 is 37.9. The molecule has 2 N–H and O–H groups in total. The molecule has 1 heterocycles. The van der Waals surface area contributed by atoms with Crippen molar-refractivity contribution in [2.24, 2.45) is 11.7 Å². The predicted molar refractivity (Wildman–Crippen MR) is 75.2 cm³/mol. The van der Waals surface area contributed by atoms with Crippen molar-refractivity contribution in [1.82, 2.24) is 0 Å². The van der Waals surface area contributed by atoms with Crippen LogP contribution in [0.4, 0.5) is 18.9 Å². The van der Waals surface area contributed by atoms with Crippen LogP contribution in [0.2, 0.25) is 5.02 Å². The molecule has 1 saturated heterocycles. The summed E-state index contributed by atoms with van der Waals surface area (Å²) in [7, 11) is 0. The fourth-order valence-electron chi connectivity index (χ4n) is 2.58. The van der Waals surface area contributed by atoms with Crippen LogP contribution in [0, 0.1) is 5.92 Å². The van der Waals surface area contributed by atoms with Crippen molar-refractivity contribution in [3.8, 4) is 0 Å². The second kappa shape index (κ2) is 6.22. The summed E-state index contributed by atoms with van der Waals surface area (Å²) >= 11 is 6.22. The molecule has 1 aliphatic heterocycles. The average molecular weight is 307 g/mol. The van der Waals surface area contributed by atoms with Gasteiger partial charge in [0.1, 0.15) is 0 Å². The van der Waals surface area contributed by atoms with Gasteiger partial charge in [0.05, 0.1) is 16.6 Å². The van der Waals surface area contributed by atoms with Crippen molar-refractivity contribution < 1.29 is 13.2 Å². The molecule has 0 amide bonds. The van der Waals surface area contributed by atoms with Gasteiger partial charge in [0, 0.05) is 13.1 Å². The number of piperidine rings is 1. The van der Waals surface area contributed by atoms with Gasteiger partial charge in [0.15, 0.2) is 0 Å². The molecule has 2 rings (SSSR count).